The summed E-state index contributed by atoms with van der Waals surface area (Å²) < 4.78 is 5.08. The third-order valence-electron chi connectivity index (χ3n) is 2.47. The summed E-state index contributed by atoms with van der Waals surface area (Å²) >= 11 is 0. The number of nitrogens with zero attached hydrogens (tertiary/aromatic N) is 1. The molecule has 5 nitrogen and oxygen atoms in total. The van der Waals surface area contributed by atoms with Crippen molar-refractivity contribution in [3.63, 3.8) is 0 Å². The zero-order chi connectivity index (χ0) is 10.8. The molecule has 0 radical (unpaired) electrons. The van der Waals surface area contributed by atoms with Crippen LogP contribution in [0.3, 0.4) is 0 Å². The Morgan fingerprint density at radius 1 is 1.80 bits per heavy atom. The highest BCUT2D eigenvalue weighted by atomic mass is 16.5. The summed E-state index contributed by atoms with van der Waals surface area (Å²) in [5.74, 6) is 1.08. The van der Waals surface area contributed by atoms with Gasteiger partial charge in [0, 0.05) is 24.6 Å². The maximum Gasteiger partial charge on any atom is 0.273 e. The molecule has 1 aromatic rings. The minimum absolute atomic E-state index is 0.0430. The number of nitrogens with two attached hydrogens (primary N) is 1. The standard InChI is InChI=1S/C10H15N3O2/c1-6(5-11)12-10(14)8-4-9(15-13-8)7-2-3-7/h4,6-7H,2-3,5,11H2,1H3,(H,12,14)/t6-/m1/s1. The third kappa shape index (κ3) is 2.36. The molecule has 1 fully saturated rings. The van der Waals surface area contributed by atoms with E-state index in [1.807, 2.05) is 6.92 Å². The number of hydrogen-bond donors (Lipinski definition) is 2. The fraction of sp³-hybridized carbons (Fsp3) is 0.600. The molecule has 1 aliphatic rings. The van der Waals surface area contributed by atoms with Crippen LogP contribution in [0, 0.1) is 0 Å². The molecule has 0 aromatic carbocycles. The van der Waals surface area contributed by atoms with Crippen LogP contribution in [0.25, 0.3) is 0 Å². The molecule has 1 aliphatic carbocycles. The summed E-state index contributed by atoms with van der Waals surface area (Å²) in [5, 5.41) is 6.47. The Labute approximate surface area is 88.0 Å². The monoisotopic (exact) mass is 209 g/mol. The molecule has 15 heavy (non-hydrogen) atoms. The highest BCUT2D eigenvalue weighted by molar-refractivity contribution is 5.92. The normalized spacial score (nSPS) is 17.5. The van der Waals surface area contributed by atoms with Gasteiger partial charge in [-0.05, 0) is 19.8 Å². The fourth-order valence-electron chi connectivity index (χ4n) is 1.31. The van der Waals surface area contributed by atoms with Gasteiger partial charge in [-0.25, -0.2) is 0 Å². The lowest BCUT2D eigenvalue weighted by molar-refractivity contribution is 0.0932. The van der Waals surface area contributed by atoms with E-state index in [1.165, 1.54) is 0 Å². The zero-order valence-corrected chi connectivity index (χ0v) is 8.69. The molecule has 1 amide bonds. The second-order valence-electron chi connectivity index (χ2n) is 4.00. The summed E-state index contributed by atoms with van der Waals surface area (Å²) in [6.45, 7) is 2.26. The number of rotatable bonds is 4. The molecule has 0 saturated heterocycles. The summed E-state index contributed by atoms with van der Waals surface area (Å²) in [6.07, 6.45) is 2.27. The van der Waals surface area contributed by atoms with Crippen molar-refractivity contribution >= 4 is 5.91 Å². The molecule has 2 rings (SSSR count). The molecule has 1 atom stereocenters. The molecule has 0 bridgehead atoms. The number of nitrogens with one attached hydrogen (secondary N) is 1. The number of amides is 1. The number of carbonyl (C=O) groups excluding carboxylic acids is 1. The topological polar surface area (TPSA) is 81.1 Å². The number of hydrogen-bond acceptors (Lipinski definition) is 4. The van der Waals surface area contributed by atoms with Gasteiger partial charge in [0.2, 0.25) is 0 Å². The maximum atomic E-state index is 11.6. The van der Waals surface area contributed by atoms with E-state index in [0.717, 1.165) is 18.6 Å². The fourth-order valence-corrected chi connectivity index (χ4v) is 1.31. The average molecular weight is 209 g/mol. The quantitative estimate of drug-likeness (QED) is 0.762. The second kappa shape index (κ2) is 4.02. The van der Waals surface area contributed by atoms with Gasteiger partial charge in [-0.3, -0.25) is 4.79 Å². The van der Waals surface area contributed by atoms with Gasteiger partial charge >= 0.3 is 0 Å². The van der Waals surface area contributed by atoms with Crippen LogP contribution in [0.15, 0.2) is 10.6 Å². The van der Waals surface area contributed by atoms with Crippen LogP contribution in [0.2, 0.25) is 0 Å². The molecule has 1 aromatic heterocycles. The van der Waals surface area contributed by atoms with E-state index in [2.05, 4.69) is 10.5 Å². The Hall–Kier alpha value is -1.36. The molecular formula is C10H15N3O2. The van der Waals surface area contributed by atoms with Crippen molar-refractivity contribution in [1.82, 2.24) is 10.5 Å². The molecule has 0 spiro atoms. The van der Waals surface area contributed by atoms with Gasteiger partial charge in [0.05, 0.1) is 0 Å². The van der Waals surface area contributed by atoms with Gasteiger partial charge in [0.15, 0.2) is 5.69 Å². The first-order chi connectivity index (χ1) is 7.20. The minimum atomic E-state index is -0.219. The predicted molar refractivity (Wildman–Crippen MR) is 54.5 cm³/mol. The van der Waals surface area contributed by atoms with E-state index in [1.54, 1.807) is 6.07 Å². The van der Waals surface area contributed by atoms with Crippen LogP contribution >= 0.6 is 0 Å². The van der Waals surface area contributed by atoms with E-state index < -0.39 is 0 Å². The van der Waals surface area contributed by atoms with E-state index in [9.17, 15) is 4.79 Å². The van der Waals surface area contributed by atoms with Gasteiger partial charge in [-0.1, -0.05) is 5.16 Å². The average Bonchev–Trinajstić information content (AvgIpc) is 2.96. The van der Waals surface area contributed by atoms with Crippen molar-refractivity contribution in [3.05, 3.63) is 17.5 Å². The van der Waals surface area contributed by atoms with Crippen molar-refractivity contribution in [1.29, 1.82) is 0 Å². The highest BCUT2D eigenvalue weighted by Gasteiger charge is 2.28. The van der Waals surface area contributed by atoms with Gasteiger partial charge in [-0.2, -0.15) is 0 Å². The van der Waals surface area contributed by atoms with E-state index >= 15 is 0 Å². The van der Waals surface area contributed by atoms with Crippen LogP contribution < -0.4 is 11.1 Å². The maximum absolute atomic E-state index is 11.6. The predicted octanol–water partition coefficient (Wildman–Crippen LogP) is 0.629. The van der Waals surface area contributed by atoms with Crippen LogP contribution in [0.1, 0.15) is 41.9 Å². The van der Waals surface area contributed by atoms with Crippen LogP contribution in [-0.2, 0) is 0 Å². The van der Waals surface area contributed by atoms with Gasteiger partial charge in [0.1, 0.15) is 5.76 Å². The Morgan fingerprint density at radius 2 is 2.53 bits per heavy atom. The Balaban J connectivity index is 1.98. The van der Waals surface area contributed by atoms with Gasteiger partial charge < -0.3 is 15.6 Å². The van der Waals surface area contributed by atoms with Crippen molar-refractivity contribution in [3.8, 4) is 0 Å². The van der Waals surface area contributed by atoms with Crippen molar-refractivity contribution in [2.75, 3.05) is 6.54 Å². The lowest BCUT2D eigenvalue weighted by atomic mass is 10.2. The van der Waals surface area contributed by atoms with Gasteiger partial charge in [0.25, 0.3) is 5.91 Å². The lowest BCUT2D eigenvalue weighted by Crippen LogP contribution is -2.37. The Kier molecular flexibility index (Phi) is 2.73. The van der Waals surface area contributed by atoms with Crippen LogP contribution in [0.5, 0.6) is 0 Å². The molecule has 1 heterocycles. The molecule has 3 N–H and O–H groups in total. The molecule has 1 saturated carbocycles. The first-order valence-electron chi connectivity index (χ1n) is 5.18. The Bertz CT molecular complexity index is 357. The molecular weight excluding hydrogens is 194 g/mol. The molecule has 82 valence electrons. The summed E-state index contributed by atoms with van der Waals surface area (Å²) in [4.78, 5) is 11.6. The third-order valence-corrected chi connectivity index (χ3v) is 2.47. The number of aromatic nitrogens is 1. The summed E-state index contributed by atoms with van der Waals surface area (Å²) in [7, 11) is 0. The second-order valence-corrected chi connectivity index (χ2v) is 4.00. The van der Waals surface area contributed by atoms with Crippen molar-refractivity contribution < 1.29 is 9.32 Å². The number of carbonyl (C=O) groups is 1. The summed E-state index contributed by atoms with van der Waals surface area (Å²) in [6, 6.07) is 1.68. The van der Waals surface area contributed by atoms with Crippen molar-refractivity contribution in [2.24, 2.45) is 5.73 Å². The van der Waals surface area contributed by atoms with E-state index in [-0.39, 0.29) is 11.9 Å². The Morgan fingerprint density at radius 3 is 3.13 bits per heavy atom. The molecule has 5 heteroatoms. The lowest BCUT2D eigenvalue weighted by Gasteiger charge is -2.08. The molecule has 0 unspecified atom stereocenters. The molecule has 0 aliphatic heterocycles. The first kappa shape index (κ1) is 10.2. The highest BCUT2D eigenvalue weighted by Crippen LogP contribution is 2.40. The SMILES string of the molecule is C[C@H](CN)NC(=O)c1cc(C2CC2)on1. The largest absolute Gasteiger partial charge is 0.360 e. The first-order valence-corrected chi connectivity index (χ1v) is 5.18. The summed E-state index contributed by atoms with van der Waals surface area (Å²) in [5.41, 5.74) is 5.75. The van der Waals surface area contributed by atoms with E-state index in [4.69, 9.17) is 10.3 Å². The zero-order valence-electron chi connectivity index (χ0n) is 8.69. The smallest absolute Gasteiger partial charge is 0.273 e. The minimum Gasteiger partial charge on any atom is -0.360 e. The van der Waals surface area contributed by atoms with E-state index in [0.29, 0.717) is 18.2 Å². The van der Waals surface area contributed by atoms with Crippen LogP contribution in [0.4, 0.5) is 0 Å². The van der Waals surface area contributed by atoms with Crippen molar-refractivity contribution in [2.45, 2.75) is 31.7 Å². The van der Waals surface area contributed by atoms with Crippen LogP contribution in [-0.4, -0.2) is 23.7 Å². The van der Waals surface area contributed by atoms with Gasteiger partial charge in [-0.15, -0.1) is 0 Å².